The van der Waals surface area contributed by atoms with Crippen molar-refractivity contribution in [2.75, 3.05) is 26.2 Å². The number of hydrogen-bond acceptors (Lipinski definition) is 5. The van der Waals surface area contributed by atoms with Gasteiger partial charge in [0.2, 0.25) is 0 Å². The maximum absolute atomic E-state index is 11.3. The molecule has 2 aliphatic heterocycles. The van der Waals surface area contributed by atoms with Crippen LogP contribution in [0.25, 0.3) is 10.2 Å². The average molecular weight is 421 g/mol. The topological polar surface area (TPSA) is 71.7 Å². The molecule has 1 aromatic heterocycles. The van der Waals surface area contributed by atoms with Gasteiger partial charge in [-0.25, -0.2) is 9.78 Å². The van der Waals surface area contributed by atoms with E-state index in [-0.39, 0.29) is 6.03 Å². The minimum Gasteiger partial charge on any atom is -0.431 e. The number of fused-ring (bicyclic) bond motifs is 2. The van der Waals surface area contributed by atoms with Crippen molar-refractivity contribution in [3.05, 3.63) is 65.4 Å². The van der Waals surface area contributed by atoms with Gasteiger partial charge in [0.25, 0.3) is 5.19 Å². The monoisotopic (exact) mass is 420 g/mol. The van der Waals surface area contributed by atoms with Gasteiger partial charge in [-0.2, -0.15) is 0 Å². The zero-order valence-electron chi connectivity index (χ0n) is 16.9. The van der Waals surface area contributed by atoms with Crippen LogP contribution in [0.4, 0.5) is 4.79 Å². The van der Waals surface area contributed by atoms with Crippen molar-refractivity contribution >= 4 is 27.6 Å². The molecule has 1 fully saturated rings. The van der Waals surface area contributed by atoms with Crippen LogP contribution in [0.2, 0.25) is 0 Å². The molecule has 2 N–H and O–H groups in total. The number of ether oxygens (including phenoxy) is 1. The minimum absolute atomic E-state index is 0.319. The molecule has 3 aromatic rings. The van der Waals surface area contributed by atoms with Crippen LogP contribution in [-0.4, -0.2) is 47.0 Å². The fraction of sp³-hybridized carbons (Fsp3) is 0.304. The van der Waals surface area contributed by atoms with Crippen molar-refractivity contribution < 1.29 is 9.53 Å². The molecule has 0 radical (unpaired) electrons. The third kappa shape index (κ3) is 3.73. The van der Waals surface area contributed by atoms with E-state index in [0.717, 1.165) is 47.6 Å². The van der Waals surface area contributed by atoms with Gasteiger partial charge >= 0.3 is 6.03 Å². The highest BCUT2D eigenvalue weighted by Gasteiger charge is 2.34. The Balaban J connectivity index is 1.17. The number of urea groups is 1. The number of carbonyl (C=O) groups excluding carboxylic acids is 1. The van der Waals surface area contributed by atoms with E-state index < -0.39 is 0 Å². The van der Waals surface area contributed by atoms with Crippen LogP contribution in [0.3, 0.4) is 0 Å². The molecular formula is C23H24N4O2S. The van der Waals surface area contributed by atoms with Gasteiger partial charge in [0.1, 0.15) is 5.75 Å². The summed E-state index contributed by atoms with van der Waals surface area (Å²) in [4.78, 5) is 20.0. The van der Waals surface area contributed by atoms with Gasteiger partial charge in [-0.1, -0.05) is 35.6 Å². The Hall–Kier alpha value is -3.06. The first-order valence-corrected chi connectivity index (χ1v) is 11.0. The van der Waals surface area contributed by atoms with E-state index in [1.54, 1.807) is 16.2 Å². The molecule has 30 heavy (non-hydrogen) atoms. The van der Waals surface area contributed by atoms with Crippen LogP contribution < -0.4 is 10.5 Å². The van der Waals surface area contributed by atoms with E-state index in [0.29, 0.717) is 17.7 Å². The molecule has 7 heteroatoms. The first kappa shape index (κ1) is 18.9. The Kier molecular flexibility index (Phi) is 4.83. The number of likely N-dealkylation sites (tertiary alicyclic amines) is 1. The quantitative estimate of drug-likeness (QED) is 0.673. The van der Waals surface area contributed by atoms with Gasteiger partial charge in [-0.3, -0.25) is 0 Å². The second kappa shape index (κ2) is 7.65. The lowest BCUT2D eigenvalue weighted by Gasteiger charge is -2.19. The van der Waals surface area contributed by atoms with Crippen LogP contribution in [-0.2, 0) is 6.42 Å². The molecule has 6 nitrogen and oxygen atoms in total. The normalized spacial score (nSPS) is 18.0. The number of carbonyl (C=O) groups is 1. The lowest BCUT2D eigenvalue weighted by atomic mass is 10.1. The maximum atomic E-state index is 11.3. The maximum Gasteiger partial charge on any atom is 0.315 e. The van der Waals surface area contributed by atoms with Crippen LogP contribution in [0.5, 0.6) is 10.9 Å². The largest absolute Gasteiger partial charge is 0.431 e. The number of primary amides is 1. The molecule has 3 heterocycles. The Labute approximate surface area is 179 Å². The Morgan fingerprint density at radius 1 is 1.23 bits per heavy atom. The van der Waals surface area contributed by atoms with Gasteiger partial charge in [0.15, 0.2) is 0 Å². The molecule has 0 spiro atoms. The van der Waals surface area contributed by atoms with Crippen LogP contribution in [0.1, 0.15) is 11.1 Å². The summed E-state index contributed by atoms with van der Waals surface area (Å²) >= 11 is 1.57. The predicted molar refractivity (Wildman–Crippen MR) is 119 cm³/mol. The molecule has 0 aliphatic carbocycles. The molecular weight excluding hydrogens is 396 g/mol. The van der Waals surface area contributed by atoms with E-state index in [4.69, 9.17) is 10.5 Å². The standard InChI is InChI=1S/C23H24N4O2S/c1-15-3-2-4-20-21(15)25-23(30-20)29-19-7-5-16(6-8-19)9-10-26-11-17-13-27(22(24)28)14-18(17)12-26/h2-8,11,18H,9-10,12-14H2,1H3,(H2,24,28). The Bertz CT molecular complexity index is 1120. The molecule has 5 rings (SSSR count). The highest BCUT2D eigenvalue weighted by atomic mass is 32.1. The third-order valence-corrected chi connectivity index (χ3v) is 6.77. The van der Waals surface area contributed by atoms with Crippen molar-refractivity contribution in [3.8, 4) is 10.9 Å². The summed E-state index contributed by atoms with van der Waals surface area (Å²) in [6, 6.07) is 14.1. The number of nitrogens with two attached hydrogens (primary N) is 1. The number of benzene rings is 2. The van der Waals surface area contributed by atoms with E-state index in [1.165, 1.54) is 11.1 Å². The second-order valence-electron chi connectivity index (χ2n) is 8.01. The summed E-state index contributed by atoms with van der Waals surface area (Å²) < 4.78 is 7.12. The van der Waals surface area contributed by atoms with Gasteiger partial charge < -0.3 is 20.3 Å². The summed E-state index contributed by atoms with van der Waals surface area (Å²) in [7, 11) is 0. The lowest BCUT2D eigenvalue weighted by Crippen LogP contribution is -2.35. The van der Waals surface area contributed by atoms with Crippen molar-refractivity contribution in [2.45, 2.75) is 13.3 Å². The zero-order valence-corrected chi connectivity index (χ0v) is 17.7. The molecule has 0 saturated carbocycles. The number of amides is 2. The number of aryl methyl sites for hydroxylation is 1. The van der Waals surface area contributed by atoms with E-state index in [9.17, 15) is 4.79 Å². The smallest absolute Gasteiger partial charge is 0.315 e. The number of rotatable bonds is 5. The minimum atomic E-state index is -0.319. The highest BCUT2D eigenvalue weighted by molar-refractivity contribution is 7.20. The summed E-state index contributed by atoms with van der Waals surface area (Å²) in [5, 5.41) is 0.673. The van der Waals surface area contributed by atoms with Crippen molar-refractivity contribution in [1.29, 1.82) is 0 Å². The Morgan fingerprint density at radius 2 is 2.07 bits per heavy atom. The van der Waals surface area contributed by atoms with Crippen molar-refractivity contribution in [1.82, 2.24) is 14.8 Å². The van der Waals surface area contributed by atoms with Crippen LogP contribution in [0.15, 0.2) is 54.2 Å². The second-order valence-corrected chi connectivity index (χ2v) is 9.01. The molecule has 1 saturated heterocycles. The fourth-order valence-electron chi connectivity index (χ4n) is 4.22. The lowest BCUT2D eigenvalue weighted by molar-refractivity contribution is 0.214. The number of nitrogens with zero attached hydrogens (tertiary/aromatic N) is 3. The van der Waals surface area contributed by atoms with Gasteiger partial charge in [0, 0.05) is 38.3 Å². The molecule has 154 valence electrons. The first-order valence-electron chi connectivity index (χ1n) is 10.2. The third-order valence-electron chi connectivity index (χ3n) is 5.87. The summed E-state index contributed by atoms with van der Waals surface area (Å²) in [6.07, 6.45) is 3.18. The zero-order chi connectivity index (χ0) is 20.7. The van der Waals surface area contributed by atoms with Gasteiger partial charge in [-0.05, 0) is 48.2 Å². The molecule has 2 amide bonds. The van der Waals surface area contributed by atoms with Crippen molar-refractivity contribution in [2.24, 2.45) is 11.7 Å². The fourth-order valence-corrected chi connectivity index (χ4v) is 5.13. The number of para-hydroxylation sites is 1. The number of hydrogen-bond donors (Lipinski definition) is 1. The molecule has 1 unspecified atom stereocenters. The SMILES string of the molecule is Cc1cccc2sc(Oc3ccc(CCN4C=C5CN(C(N)=O)CC5C4)cc3)nc12. The number of aromatic nitrogens is 1. The van der Waals surface area contributed by atoms with E-state index >= 15 is 0 Å². The molecule has 2 aliphatic rings. The summed E-state index contributed by atoms with van der Waals surface area (Å²) in [5.41, 5.74) is 10.2. The first-order chi connectivity index (χ1) is 14.5. The number of thiazole rings is 1. The van der Waals surface area contributed by atoms with Gasteiger partial charge in [-0.15, -0.1) is 0 Å². The molecule has 2 aromatic carbocycles. The Morgan fingerprint density at radius 3 is 2.80 bits per heavy atom. The molecule has 1 atom stereocenters. The van der Waals surface area contributed by atoms with Gasteiger partial charge in [0.05, 0.1) is 10.2 Å². The molecule has 0 bridgehead atoms. The van der Waals surface area contributed by atoms with Crippen molar-refractivity contribution in [3.63, 3.8) is 0 Å². The average Bonchev–Trinajstić information content (AvgIpc) is 3.40. The summed E-state index contributed by atoms with van der Waals surface area (Å²) in [6.45, 7) is 5.42. The van der Waals surface area contributed by atoms with Crippen LogP contribution in [0, 0.1) is 12.8 Å². The van der Waals surface area contributed by atoms with Crippen LogP contribution >= 0.6 is 11.3 Å². The van der Waals surface area contributed by atoms with E-state index in [1.807, 2.05) is 18.2 Å². The summed E-state index contributed by atoms with van der Waals surface area (Å²) in [5.74, 6) is 1.24. The highest BCUT2D eigenvalue weighted by Crippen LogP contribution is 2.33. The van der Waals surface area contributed by atoms with E-state index in [2.05, 4.69) is 47.3 Å². The predicted octanol–water partition coefficient (Wildman–Crippen LogP) is 4.15.